The van der Waals surface area contributed by atoms with Crippen molar-refractivity contribution in [3.8, 4) is 5.75 Å². The summed E-state index contributed by atoms with van der Waals surface area (Å²) in [5.41, 5.74) is 2.10. The van der Waals surface area contributed by atoms with Gasteiger partial charge in [0.2, 0.25) is 0 Å². The average molecular weight is 331 g/mol. The van der Waals surface area contributed by atoms with Gasteiger partial charge >= 0.3 is 0 Å². The molecule has 0 atom stereocenters. The number of halogens is 1. The van der Waals surface area contributed by atoms with E-state index in [0.29, 0.717) is 37.4 Å². The summed E-state index contributed by atoms with van der Waals surface area (Å²) in [6.45, 7) is 5.72. The minimum Gasteiger partial charge on any atom is -0.494 e. The lowest BCUT2D eigenvalue weighted by atomic mass is 10.0. The molecule has 0 saturated carbocycles. The van der Waals surface area contributed by atoms with Crippen molar-refractivity contribution in [2.75, 3.05) is 13.7 Å². The van der Waals surface area contributed by atoms with E-state index in [4.69, 9.17) is 4.74 Å². The summed E-state index contributed by atoms with van der Waals surface area (Å²) in [6.07, 6.45) is 0.627. The summed E-state index contributed by atoms with van der Waals surface area (Å²) in [4.78, 5) is 21.8. The molecule has 0 fully saturated rings. The van der Waals surface area contributed by atoms with Crippen LogP contribution in [-0.4, -0.2) is 28.5 Å². The Morgan fingerprint density at radius 3 is 2.92 bits per heavy atom. The zero-order valence-electron chi connectivity index (χ0n) is 14.2. The van der Waals surface area contributed by atoms with E-state index in [1.807, 2.05) is 13.8 Å². The molecule has 2 aromatic rings. The maximum Gasteiger partial charge on any atom is 0.254 e. The third-order valence-electron chi connectivity index (χ3n) is 4.37. The van der Waals surface area contributed by atoms with E-state index in [-0.39, 0.29) is 23.0 Å². The van der Waals surface area contributed by atoms with Gasteiger partial charge in [0, 0.05) is 36.7 Å². The van der Waals surface area contributed by atoms with Crippen molar-refractivity contribution in [1.29, 1.82) is 0 Å². The number of benzene rings is 1. The van der Waals surface area contributed by atoms with Crippen LogP contribution in [0.1, 0.15) is 42.4 Å². The Morgan fingerprint density at radius 1 is 1.42 bits per heavy atom. The van der Waals surface area contributed by atoms with Crippen molar-refractivity contribution in [2.45, 2.75) is 39.3 Å². The summed E-state index contributed by atoms with van der Waals surface area (Å²) in [5.74, 6) is 0.788. The second-order valence-electron chi connectivity index (χ2n) is 6.43. The highest BCUT2D eigenvalue weighted by Crippen LogP contribution is 2.23. The molecule has 0 unspecified atom stereocenters. The smallest absolute Gasteiger partial charge is 0.254 e. The van der Waals surface area contributed by atoms with Crippen molar-refractivity contribution in [1.82, 2.24) is 14.9 Å². The highest BCUT2D eigenvalue weighted by molar-refractivity contribution is 5.31. The number of ether oxygens (including phenoxy) is 1. The fourth-order valence-electron chi connectivity index (χ4n) is 3.00. The molecule has 3 rings (SSSR count). The molecule has 1 N–H and O–H groups in total. The number of aromatic nitrogens is 2. The average Bonchev–Trinajstić information content (AvgIpc) is 2.56. The van der Waals surface area contributed by atoms with Crippen LogP contribution in [0.25, 0.3) is 0 Å². The van der Waals surface area contributed by atoms with Crippen LogP contribution in [0.15, 0.2) is 23.0 Å². The fourth-order valence-corrected chi connectivity index (χ4v) is 3.00. The van der Waals surface area contributed by atoms with E-state index in [2.05, 4.69) is 14.9 Å². The first-order valence-corrected chi connectivity index (χ1v) is 8.15. The Balaban J connectivity index is 1.84. The van der Waals surface area contributed by atoms with Gasteiger partial charge in [-0.05, 0) is 12.5 Å². The van der Waals surface area contributed by atoms with Gasteiger partial charge in [0.25, 0.3) is 5.56 Å². The number of nitrogens with zero attached hydrogens (tertiary/aromatic N) is 2. The molecule has 5 nitrogen and oxygen atoms in total. The van der Waals surface area contributed by atoms with E-state index < -0.39 is 0 Å². The second-order valence-corrected chi connectivity index (χ2v) is 6.43. The minimum absolute atomic E-state index is 0.0455. The summed E-state index contributed by atoms with van der Waals surface area (Å²) in [6, 6.07) is 5.16. The molecular formula is C18H22FN3O2. The number of aromatic amines is 1. The van der Waals surface area contributed by atoms with Gasteiger partial charge in [0.05, 0.1) is 12.8 Å². The van der Waals surface area contributed by atoms with E-state index >= 15 is 0 Å². The number of nitrogens with one attached hydrogen (secondary N) is 1. The zero-order chi connectivity index (χ0) is 17.3. The lowest BCUT2D eigenvalue weighted by Crippen LogP contribution is -2.35. The topological polar surface area (TPSA) is 58.2 Å². The minimum atomic E-state index is -0.326. The van der Waals surface area contributed by atoms with Gasteiger partial charge < -0.3 is 9.72 Å². The van der Waals surface area contributed by atoms with Crippen LogP contribution < -0.4 is 10.3 Å². The molecule has 1 aromatic heterocycles. The quantitative estimate of drug-likeness (QED) is 0.935. The molecule has 24 heavy (non-hydrogen) atoms. The Labute approximate surface area is 140 Å². The van der Waals surface area contributed by atoms with E-state index in [1.54, 1.807) is 18.2 Å². The van der Waals surface area contributed by atoms with Crippen LogP contribution in [0.2, 0.25) is 0 Å². The first-order chi connectivity index (χ1) is 11.5. The molecule has 1 aliphatic rings. The normalized spacial score (nSPS) is 14.7. The number of hydrogen-bond acceptors (Lipinski definition) is 4. The van der Waals surface area contributed by atoms with Crippen molar-refractivity contribution >= 4 is 0 Å². The fraction of sp³-hybridized carbons (Fsp3) is 0.444. The summed E-state index contributed by atoms with van der Waals surface area (Å²) in [7, 11) is 1.46. The van der Waals surface area contributed by atoms with E-state index in [1.165, 1.54) is 7.11 Å². The summed E-state index contributed by atoms with van der Waals surface area (Å²) in [5, 5.41) is 0. The van der Waals surface area contributed by atoms with Gasteiger partial charge in [-0.2, -0.15) is 0 Å². The lowest BCUT2D eigenvalue weighted by Gasteiger charge is -2.28. The number of methoxy groups -OCH3 is 1. The summed E-state index contributed by atoms with van der Waals surface area (Å²) < 4.78 is 19.4. The van der Waals surface area contributed by atoms with Crippen LogP contribution in [0.4, 0.5) is 4.39 Å². The molecule has 128 valence electrons. The van der Waals surface area contributed by atoms with Gasteiger partial charge in [-0.3, -0.25) is 9.69 Å². The molecule has 0 bridgehead atoms. The Kier molecular flexibility index (Phi) is 4.66. The highest BCUT2D eigenvalue weighted by atomic mass is 19.1. The van der Waals surface area contributed by atoms with E-state index in [9.17, 15) is 9.18 Å². The number of fused-ring (bicyclic) bond motifs is 1. The molecule has 0 amide bonds. The molecule has 0 spiro atoms. The Hall–Kier alpha value is -2.21. The third-order valence-corrected chi connectivity index (χ3v) is 4.37. The van der Waals surface area contributed by atoms with Crippen molar-refractivity contribution in [3.63, 3.8) is 0 Å². The predicted octanol–water partition coefficient (Wildman–Crippen LogP) is 2.60. The maximum absolute atomic E-state index is 14.3. The number of hydrogen-bond donors (Lipinski definition) is 1. The molecular weight excluding hydrogens is 309 g/mol. The highest BCUT2D eigenvalue weighted by Gasteiger charge is 2.22. The van der Waals surface area contributed by atoms with Crippen LogP contribution in [-0.2, 0) is 19.5 Å². The molecule has 1 aromatic carbocycles. The SMILES string of the molecule is COc1cccc(CN2CCc3c(nc(C(C)C)[nH]c3=O)C2)c1F. The molecule has 0 radical (unpaired) electrons. The standard InChI is InChI=1S/C18H22FN3O2/c1-11(2)17-20-14-10-22(8-7-13(14)18(23)21-17)9-12-5-4-6-15(24-3)16(12)19/h4-6,11H,7-10H2,1-3H3,(H,20,21,23). The van der Waals surface area contributed by atoms with Gasteiger partial charge in [-0.1, -0.05) is 26.0 Å². The van der Waals surface area contributed by atoms with Gasteiger partial charge in [0.1, 0.15) is 5.82 Å². The molecule has 0 saturated heterocycles. The summed E-state index contributed by atoms with van der Waals surface area (Å²) >= 11 is 0. The monoisotopic (exact) mass is 331 g/mol. The number of H-pyrrole nitrogens is 1. The maximum atomic E-state index is 14.3. The number of rotatable bonds is 4. The largest absolute Gasteiger partial charge is 0.494 e. The van der Waals surface area contributed by atoms with Crippen molar-refractivity contribution in [2.24, 2.45) is 0 Å². The molecule has 1 aliphatic heterocycles. The van der Waals surface area contributed by atoms with E-state index in [0.717, 1.165) is 11.3 Å². The van der Waals surface area contributed by atoms with Gasteiger partial charge in [0.15, 0.2) is 11.6 Å². The van der Waals surface area contributed by atoms with Crippen LogP contribution in [0, 0.1) is 5.82 Å². The van der Waals surface area contributed by atoms with Gasteiger partial charge in [-0.25, -0.2) is 9.37 Å². The first-order valence-electron chi connectivity index (χ1n) is 8.15. The lowest BCUT2D eigenvalue weighted by molar-refractivity contribution is 0.235. The van der Waals surface area contributed by atoms with Crippen LogP contribution in [0.3, 0.4) is 0 Å². The molecule has 6 heteroatoms. The third kappa shape index (κ3) is 3.19. The van der Waals surface area contributed by atoms with Gasteiger partial charge in [-0.15, -0.1) is 0 Å². The predicted molar refractivity (Wildman–Crippen MR) is 89.7 cm³/mol. The van der Waals surface area contributed by atoms with Crippen molar-refractivity contribution in [3.05, 3.63) is 57.0 Å². The molecule has 0 aliphatic carbocycles. The Morgan fingerprint density at radius 2 is 2.21 bits per heavy atom. The molecule has 2 heterocycles. The zero-order valence-corrected chi connectivity index (χ0v) is 14.2. The first kappa shape index (κ1) is 16.6. The Bertz CT molecular complexity index is 801. The second kappa shape index (κ2) is 6.73. The van der Waals surface area contributed by atoms with Crippen LogP contribution in [0.5, 0.6) is 5.75 Å². The van der Waals surface area contributed by atoms with Crippen LogP contribution >= 0.6 is 0 Å². The van der Waals surface area contributed by atoms with Crippen molar-refractivity contribution < 1.29 is 9.13 Å².